The van der Waals surface area contributed by atoms with Gasteiger partial charge in [-0.15, -0.1) is 0 Å². The lowest BCUT2D eigenvalue weighted by Gasteiger charge is -2.26. The van der Waals surface area contributed by atoms with Crippen LogP contribution in [0.1, 0.15) is 32.6 Å². The predicted molar refractivity (Wildman–Crippen MR) is 106 cm³/mol. The quantitative estimate of drug-likeness (QED) is 0.663. The molecule has 152 valence electrons. The lowest BCUT2D eigenvalue weighted by atomic mass is 9.87. The highest BCUT2D eigenvalue weighted by Crippen LogP contribution is 2.24. The average Bonchev–Trinajstić information content (AvgIpc) is 3.10. The molecular weight excluding hydrogens is 374 g/mol. The van der Waals surface area contributed by atoms with E-state index in [1.807, 2.05) is 12.1 Å². The molecule has 8 heteroatoms. The van der Waals surface area contributed by atoms with E-state index in [1.54, 1.807) is 12.1 Å². The number of furan rings is 1. The zero-order valence-electron chi connectivity index (χ0n) is 16.2. The van der Waals surface area contributed by atoms with Crippen molar-refractivity contribution in [3.05, 3.63) is 40.9 Å². The van der Waals surface area contributed by atoms with Gasteiger partial charge in [-0.1, -0.05) is 19.1 Å². The molecular formula is C21H23N3O5. The van der Waals surface area contributed by atoms with Crippen molar-refractivity contribution in [2.24, 2.45) is 5.92 Å². The second kappa shape index (κ2) is 8.06. The number of aromatic nitrogens is 2. The lowest BCUT2D eigenvalue weighted by Crippen LogP contribution is -2.40. The molecule has 1 amide bonds. The minimum absolute atomic E-state index is 0.0887. The van der Waals surface area contributed by atoms with Crippen LogP contribution in [0.5, 0.6) is 0 Å². The normalized spacial score (nSPS) is 19.3. The van der Waals surface area contributed by atoms with E-state index in [0.717, 1.165) is 35.6 Å². The second-order valence-corrected chi connectivity index (χ2v) is 7.64. The highest BCUT2D eigenvalue weighted by molar-refractivity contribution is 6.01. The van der Waals surface area contributed by atoms with Gasteiger partial charge in [0.15, 0.2) is 6.61 Å². The van der Waals surface area contributed by atoms with Gasteiger partial charge >= 0.3 is 5.97 Å². The average molecular weight is 397 g/mol. The van der Waals surface area contributed by atoms with Crippen molar-refractivity contribution in [1.82, 2.24) is 14.9 Å². The third-order valence-corrected chi connectivity index (χ3v) is 5.40. The summed E-state index contributed by atoms with van der Waals surface area (Å²) >= 11 is 0. The van der Waals surface area contributed by atoms with Gasteiger partial charge in [-0.2, -0.15) is 0 Å². The van der Waals surface area contributed by atoms with Crippen LogP contribution in [-0.4, -0.2) is 34.1 Å². The molecule has 0 atom stereocenters. The molecule has 4 rings (SSSR count). The van der Waals surface area contributed by atoms with Crippen molar-refractivity contribution in [1.29, 1.82) is 0 Å². The van der Waals surface area contributed by atoms with Crippen molar-refractivity contribution in [2.75, 3.05) is 6.61 Å². The summed E-state index contributed by atoms with van der Waals surface area (Å²) in [5.74, 6) is -0.315. The smallest absolute Gasteiger partial charge is 0.326 e. The number of rotatable bonds is 5. The summed E-state index contributed by atoms with van der Waals surface area (Å²) in [4.78, 5) is 40.9. The van der Waals surface area contributed by atoms with Crippen LogP contribution in [0.2, 0.25) is 0 Å². The first-order chi connectivity index (χ1) is 14.0. The number of ether oxygens (including phenoxy) is 1. The Kier molecular flexibility index (Phi) is 5.33. The Morgan fingerprint density at radius 3 is 2.79 bits per heavy atom. The standard InChI is InChI=1S/C21H23N3O5/c1-13-6-8-14(9-7-13)23-17(25)11-28-18(26)10-24-12-22-19-15-4-2-3-5-16(15)29-20(19)21(24)27/h2-5,12-14H,6-11H2,1H3,(H,23,25). The van der Waals surface area contributed by atoms with E-state index in [-0.39, 0.29) is 30.7 Å². The van der Waals surface area contributed by atoms with Crippen molar-refractivity contribution in [3.8, 4) is 0 Å². The molecule has 8 nitrogen and oxygen atoms in total. The number of esters is 1. The lowest BCUT2D eigenvalue weighted by molar-refractivity contribution is -0.149. The molecule has 2 heterocycles. The van der Waals surface area contributed by atoms with Crippen molar-refractivity contribution >= 4 is 33.9 Å². The van der Waals surface area contributed by atoms with Gasteiger partial charge in [0.05, 0.1) is 6.33 Å². The first-order valence-corrected chi connectivity index (χ1v) is 9.83. The molecule has 1 aliphatic carbocycles. The Morgan fingerprint density at radius 2 is 2.00 bits per heavy atom. The van der Waals surface area contributed by atoms with Crippen LogP contribution in [-0.2, 0) is 20.9 Å². The summed E-state index contributed by atoms with van der Waals surface area (Å²) in [6, 6.07) is 7.35. The van der Waals surface area contributed by atoms with Gasteiger partial charge in [-0.05, 0) is 43.7 Å². The van der Waals surface area contributed by atoms with E-state index in [2.05, 4.69) is 17.2 Å². The Hall–Kier alpha value is -3.16. The van der Waals surface area contributed by atoms with Crippen molar-refractivity contribution in [2.45, 2.75) is 45.2 Å². The first-order valence-electron chi connectivity index (χ1n) is 9.83. The monoisotopic (exact) mass is 397 g/mol. The van der Waals surface area contributed by atoms with Gasteiger partial charge in [0, 0.05) is 11.4 Å². The number of nitrogens with one attached hydrogen (secondary N) is 1. The molecule has 0 aliphatic heterocycles. The number of carbonyl (C=O) groups is 2. The summed E-state index contributed by atoms with van der Waals surface area (Å²) < 4.78 is 11.7. The fourth-order valence-corrected chi connectivity index (χ4v) is 3.73. The van der Waals surface area contributed by atoms with Gasteiger partial charge in [-0.3, -0.25) is 19.0 Å². The maximum absolute atomic E-state index is 12.6. The Bertz CT molecular complexity index is 1110. The molecule has 0 radical (unpaired) electrons. The zero-order chi connectivity index (χ0) is 20.4. The molecule has 2 aromatic heterocycles. The van der Waals surface area contributed by atoms with E-state index < -0.39 is 11.5 Å². The minimum Gasteiger partial charge on any atom is -0.454 e. The van der Waals surface area contributed by atoms with Crippen LogP contribution in [0, 0.1) is 5.92 Å². The Labute approximate surface area is 166 Å². The fraction of sp³-hybridized carbons (Fsp3) is 0.429. The van der Waals surface area contributed by atoms with Crippen molar-refractivity contribution in [3.63, 3.8) is 0 Å². The van der Waals surface area contributed by atoms with Gasteiger partial charge in [0.25, 0.3) is 11.5 Å². The van der Waals surface area contributed by atoms with E-state index >= 15 is 0 Å². The van der Waals surface area contributed by atoms with Gasteiger partial charge in [-0.25, -0.2) is 4.98 Å². The molecule has 1 fully saturated rings. The van der Waals surface area contributed by atoms with Crippen LogP contribution < -0.4 is 10.9 Å². The van der Waals surface area contributed by atoms with E-state index in [9.17, 15) is 14.4 Å². The van der Waals surface area contributed by atoms with E-state index in [0.29, 0.717) is 17.0 Å². The van der Waals surface area contributed by atoms with E-state index in [1.165, 1.54) is 6.33 Å². The molecule has 0 saturated heterocycles. The van der Waals surface area contributed by atoms with Gasteiger partial charge in [0.1, 0.15) is 17.6 Å². The van der Waals surface area contributed by atoms with Crippen LogP contribution in [0.25, 0.3) is 22.1 Å². The summed E-state index contributed by atoms with van der Waals surface area (Å²) in [7, 11) is 0. The number of fused-ring (bicyclic) bond motifs is 3. The van der Waals surface area contributed by atoms with Crippen LogP contribution >= 0.6 is 0 Å². The van der Waals surface area contributed by atoms with Crippen LogP contribution in [0.15, 0.2) is 39.8 Å². The Morgan fingerprint density at radius 1 is 1.24 bits per heavy atom. The number of hydrogen-bond acceptors (Lipinski definition) is 6. The second-order valence-electron chi connectivity index (χ2n) is 7.64. The van der Waals surface area contributed by atoms with Crippen LogP contribution in [0.4, 0.5) is 0 Å². The predicted octanol–water partition coefficient (Wildman–Crippen LogP) is 2.38. The first kappa shape index (κ1) is 19.2. The third kappa shape index (κ3) is 4.16. The summed E-state index contributed by atoms with van der Waals surface area (Å²) in [6.45, 7) is 1.51. The van der Waals surface area contributed by atoms with E-state index in [4.69, 9.17) is 9.15 Å². The number of hydrogen-bond donors (Lipinski definition) is 1. The zero-order valence-corrected chi connectivity index (χ0v) is 16.2. The molecule has 0 unspecified atom stereocenters. The maximum atomic E-state index is 12.6. The molecule has 1 saturated carbocycles. The minimum atomic E-state index is -0.684. The molecule has 0 spiro atoms. The number of benzene rings is 1. The SMILES string of the molecule is CC1CCC(NC(=O)COC(=O)Cn2cnc3c(oc4ccccc43)c2=O)CC1. The molecule has 3 aromatic rings. The van der Waals surface area contributed by atoms with Gasteiger partial charge in [0.2, 0.25) is 5.58 Å². The maximum Gasteiger partial charge on any atom is 0.326 e. The highest BCUT2D eigenvalue weighted by Gasteiger charge is 2.20. The third-order valence-electron chi connectivity index (χ3n) is 5.40. The molecule has 1 aromatic carbocycles. The summed E-state index contributed by atoms with van der Waals surface area (Å²) in [5.41, 5.74) is 0.632. The topological polar surface area (TPSA) is 103 Å². The molecule has 29 heavy (non-hydrogen) atoms. The number of para-hydroxylation sites is 1. The summed E-state index contributed by atoms with van der Waals surface area (Å²) in [5, 5.41) is 3.64. The number of amides is 1. The molecule has 0 bridgehead atoms. The largest absolute Gasteiger partial charge is 0.454 e. The van der Waals surface area contributed by atoms with Crippen LogP contribution in [0.3, 0.4) is 0 Å². The molecule has 1 N–H and O–H groups in total. The highest BCUT2D eigenvalue weighted by atomic mass is 16.5. The number of nitrogens with zero attached hydrogens (tertiary/aromatic N) is 2. The Balaban J connectivity index is 1.36. The summed E-state index contributed by atoms with van der Waals surface area (Å²) in [6.07, 6.45) is 5.35. The fourth-order valence-electron chi connectivity index (χ4n) is 3.73. The van der Waals surface area contributed by atoms with Gasteiger partial charge < -0.3 is 14.5 Å². The van der Waals surface area contributed by atoms with Crippen molar-refractivity contribution < 1.29 is 18.7 Å². The number of carbonyl (C=O) groups excluding carboxylic acids is 2. The molecule has 1 aliphatic rings.